The smallest absolute Gasteiger partial charge is 0.0128 e. The number of hydrogen-bond acceptors (Lipinski definition) is 0. The van der Waals surface area contributed by atoms with Crippen molar-refractivity contribution in [1.29, 1.82) is 0 Å². The highest BCUT2D eigenvalue weighted by molar-refractivity contribution is 5.33. The van der Waals surface area contributed by atoms with E-state index in [-0.39, 0.29) is 0 Å². The quantitative estimate of drug-likeness (QED) is 0.549. The third kappa shape index (κ3) is 2.30. The fraction of sp³-hybridized carbons (Fsp3) is 0.800. The lowest BCUT2D eigenvalue weighted by atomic mass is 9.52. The normalized spacial score (nSPS) is 39.7. The van der Waals surface area contributed by atoms with E-state index in [0.717, 1.165) is 29.6 Å². The summed E-state index contributed by atoms with van der Waals surface area (Å²) in [7, 11) is 0. The van der Waals surface area contributed by atoms with Gasteiger partial charge in [0.05, 0.1) is 0 Å². The molecule has 0 aliphatic heterocycles. The largest absolute Gasteiger partial charge is 0.0807 e. The van der Waals surface area contributed by atoms with Gasteiger partial charge < -0.3 is 0 Å². The molecule has 1 fully saturated rings. The average molecular weight is 272 g/mol. The third-order valence-electron chi connectivity index (χ3n) is 6.71. The lowest BCUT2D eigenvalue weighted by Crippen LogP contribution is -2.45. The van der Waals surface area contributed by atoms with Crippen molar-refractivity contribution in [2.24, 2.45) is 35.0 Å². The molecule has 3 aliphatic rings. The first-order valence-electron chi connectivity index (χ1n) is 8.80. The van der Waals surface area contributed by atoms with Crippen LogP contribution in [0.5, 0.6) is 0 Å². The van der Waals surface area contributed by atoms with E-state index in [9.17, 15) is 0 Å². The molecule has 0 heteroatoms. The van der Waals surface area contributed by atoms with E-state index in [4.69, 9.17) is 0 Å². The van der Waals surface area contributed by atoms with Crippen LogP contribution in [0.1, 0.15) is 66.7 Å². The van der Waals surface area contributed by atoms with E-state index < -0.39 is 0 Å². The van der Waals surface area contributed by atoms with E-state index >= 15 is 0 Å². The second-order valence-corrected chi connectivity index (χ2v) is 8.65. The summed E-state index contributed by atoms with van der Waals surface area (Å²) in [5, 5.41) is 0. The maximum atomic E-state index is 2.60. The Balaban J connectivity index is 1.93. The lowest BCUT2D eigenvalue weighted by molar-refractivity contribution is 0.00136. The molecule has 4 atom stereocenters. The topological polar surface area (TPSA) is 0 Å². The summed E-state index contributed by atoms with van der Waals surface area (Å²) in [6, 6.07) is 0. The molecule has 0 N–H and O–H groups in total. The van der Waals surface area contributed by atoms with E-state index in [0.29, 0.717) is 5.41 Å². The molecule has 3 rings (SSSR count). The van der Waals surface area contributed by atoms with Crippen molar-refractivity contribution >= 4 is 0 Å². The summed E-state index contributed by atoms with van der Waals surface area (Å²) in [6.07, 6.45) is 12.1. The van der Waals surface area contributed by atoms with Crippen molar-refractivity contribution < 1.29 is 0 Å². The van der Waals surface area contributed by atoms with Gasteiger partial charge in [0.1, 0.15) is 0 Å². The Labute approximate surface area is 125 Å². The van der Waals surface area contributed by atoms with Crippen LogP contribution in [0, 0.1) is 35.0 Å². The van der Waals surface area contributed by atoms with Gasteiger partial charge in [-0.2, -0.15) is 0 Å². The molecule has 0 aromatic rings. The van der Waals surface area contributed by atoms with E-state index in [1.807, 2.05) is 0 Å². The SMILES string of the molecule is CC(C)C1=CC2=CCC3C(C(C)CCC3(C)C)C2CC1. The molecular formula is C20H32. The first kappa shape index (κ1) is 14.4. The van der Waals surface area contributed by atoms with Crippen molar-refractivity contribution in [3.05, 3.63) is 23.3 Å². The minimum Gasteiger partial charge on any atom is -0.0807 e. The fourth-order valence-corrected chi connectivity index (χ4v) is 5.27. The van der Waals surface area contributed by atoms with E-state index in [2.05, 4.69) is 46.8 Å². The number of fused-ring (bicyclic) bond motifs is 3. The highest BCUT2D eigenvalue weighted by Crippen LogP contribution is 2.56. The Bertz CT molecular complexity index is 435. The zero-order valence-electron chi connectivity index (χ0n) is 14.1. The molecule has 0 radical (unpaired) electrons. The number of hydrogen-bond donors (Lipinski definition) is 0. The van der Waals surface area contributed by atoms with Crippen LogP contribution < -0.4 is 0 Å². The Morgan fingerprint density at radius 1 is 1.20 bits per heavy atom. The van der Waals surface area contributed by atoms with Crippen LogP contribution in [-0.4, -0.2) is 0 Å². The monoisotopic (exact) mass is 272 g/mol. The molecule has 0 aromatic carbocycles. The molecule has 0 spiro atoms. The van der Waals surface area contributed by atoms with Gasteiger partial charge in [0.25, 0.3) is 0 Å². The highest BCUT2D eigenvalue weighted by atomic mass is 14.5. The van der Waals surface area contributed by atoms with Crippen molar-refractivity contribution in [3.8, 4) is 0 Å². The highest BCUT2D eigenvalue weighted by Gasteiger charge is 2.47. The predicted octanol–water partition coefficient (Wildman–Crippen LogP) is 6.00. The van der Waals surface area contributed by atoms with E-state index in [1.54, 1.807) is 11.1 Å². The molecule has 1 saturated carbocycles. The average Bonchev–Trinajstić information content (AvgIpc) is 2.41. The Hall–Kier alpha value is -0.520. The molecule has 4 unspecified atom stereocenters. The zero-order chi connectivity index (χ0) is 14.5. The Morgan fingerprint density at radius 2 is 1.95 bits per heavy atom. The van der Waals surface area contributed by atoms with Gasteiger partial charge in [-0.3, -0.25) is 0 Å². The van der Waals surface area contributed by atoms with Gasteiger partial charge in [-0.15, -0.1) is 0 Å². The maximum absolute atomic E-state index is 2.60. The first-order chi connectivity index (χ1) is 9.40. The minimum absolute atomic E-state index is 0.557. The van der Waals surface area contributed by atoms with Gasteiger partial charge in [0.2, 0.25) is 0 Å². The summed E-state index contributed by atoms with van der Waals surface area (Å²) < 4.78 is 0. The van der Waals surface area contributed by atoms with E-state index in [1.165, 1.54) is 32.1 Å². The van der Waals surface area contributed by atoms with Crippen LogP contribution in [0.15, 0.2) is 23.3 Å². The summed E-state index contributed by atoms with van der Waals surface area (Å²) in [5.41, 5.74) is 3.95. The molecule has 20 heavy (non-hydrogen) atoms. The lowest BCUT2D eigenvalue weighted by Gasteiger charge is -2.53. The molecule has 0 aromatic heterocycles. The van der Waals surface area contributed by atoms with Crippen LogP contribution in [-0.2, 0) is 0 Å². The molecule has 0 nitrogen and oxygen atoms in total. The van der Waals surface area contributed by atoms with Gasteiger partial charge in [0, 0.05) is 0 Å². The standard InChI is InChI=1S/C20H32/c1-13(2)15-6-8-17-16(12-15)7-9-18-19(17)14(3)10-11-20(18,4)5/h7,12-14,17-19H,6,8-11H2,1-5H3. The van der Waals surface area contributed by atoms with Gasteiger partial charge in [-0.05, 0) is 72.7 Å². The summed E-state index contributed by atoms with van der Waals surface area (Å²) in [5.74, 6) is 4.40. The summed E-state index contributed by atoms with van der Waals surface area (Å²) in [6.45, 7) is 12.3. The molecule has 0 bridgehead atoms. The molecular weight excluding hydrogens is 240 g/mol. The number of allylic oxidation sites excluding steroid dienone is 4. The zero-order valence-corrected chi connectivity index (χ0v) is 14.1. The minimum atomic E-state index is 0.557. The Morgan fingerprint density at radius 3 is 2.65 bits per heavy atom. The maximum Gasteiger partial charge on any atom is -0.0128 e. The Kier molecular flexibility index (Phi) is 3.63. The molecule has 0 saturated heterocycles. The fourth-order valence-electron chi connectivity index (χ4n) is 5.27. The molecule has 0 amide bonds. The number of rotatable bonds is 1. The third-order valence-corrected chi connectivity index (χ3v) is 6.71. The van der Waals surface area contributed by atoms with Crippen molar-refractivity contribution in [2.75, 3.05) is 0 Å². The molecule has 3 aliphatic carbocycles. The van der Waals surface area contributed by atoms with Gasteiger partial charge >= 0.3 is 0 Å². The second-order valence-electron chi connectivity index (χ2n) is 8.65. The molecule has 112 valence electrons. The summed E-state index contributed by atoms with van der Waals surface area (Å²) >= 11 is 0. The van der Waals surface area contributed by atoms with Gasteiger partial charge in [-0.1, -0.05) is 52.3 Å². The van der Waals surface area contributed by atoms with Crippen molar-refractivity contribution in [2.45, 2.75) is 66.7 Å². The molecule has 0 heterocycles. The second kappa shape index (κ2) is 5.04. The van der Waals surface area contributed by atoms with Gasteiger partial charge in [-0.25, -0.2) is 0 Å². The predicted molar refractivity (Wildman–Crippen MR) is 87.5 cm³/mol. The van der Waals surface area contributed by atoms with Crippen LogP contribution in [0.4, 0.5) is 0 Å². The van der Waals surface area contributed by atoms with Gasteiger partial charge in [0.15, 0.2) is 0 Å². The van der Waals surface area contributed by atoms with Crippen LogP contribution in [0.3, 0.4) is 0 Å². The summed E-state index contributed by atoms with van der Waals surface area (Å²) in [4.78, 5) is 0. The van der Waals surface area contributed by atoms with Crippen molar-refractivity contribution in [3.63, 3.8) is 0 Å². The van der Waals surface area contributed by atoms with Crippen molar-refractivity contribution in [1.82, 2.24) is 0 Å². The first-order valence-corrected chi connectivity index (χ1v) is 8.80. The van der Waals surface area contributed by atoms with Crippen LogP contribution in [0.25, 0.3) is 0 Å². The van der Waals surface area contributed by atoms with Crippen LogP contribution >= 0.6 is 0 Å². The van der Waals surface area contributed by atoms with Crippen LogP contribution in [0.2, 0.25) is 0 Å².